The fraction of sp³-hybridized carbons (Fsp3) is 0.500. The van der Waals surface area contributed by atoms with Crippen LogP contribution in [0.15, 0.2) is 29.2 Å². The van der Waals surface area contributed by atoms with Crippen LogP contribution in [0.2, 0.25) is 0 Å². The van der Waals surface area contributed by atoms with Gasteiger partial charge in [0, 0.05) is 46.0 Å². The fourth-order valence-corrected chi connectivity index (χ4v) is 4.15. The van der Waals surface area contributed by atoms with Gasteiger partial charge in [0.2, 0.25) is 15.9 Å². The maximum absolute atomic E-state index is 12.2. The number of nitrogens with two attached hydrogens (primary N) is 1. The molecule has 3 N–H and O–H groups in total. The van der Waals surface area contributed by atoms with E-state index < -0.39 is 20.2 Å². The van der Waals surface area contributed by atoms with Gasteiger partial charge in [-0.15, -0.1) is 0 Å². The molecule has 10 nitrogen and oxygen atoms in total. The van der Waals surface area contributed by atoms with E-state index in [4.69, 9.17) is 5.14 Å². The summed E-state index contributed by atoms with van der Waals surface area (Å²) < 4.78 is 49.4. The molecule has 0 saturated carbocycles. The fourth-order valence-electron chi connectivity index (χ4n) is 2.50. The predicted molar refractivity (Wildman–Crippen MR) is 97.1 cm³/mol. The van der Waals surface area contributed by atoms with E-state index in [0.717, 1.165) is 4.31 Å². The summed E-state index contributed by atoms with van der Waals surface area (Å²) in [6, 6.07) is 5.68. The highest BCUT2D eigenvalue weighted by Crippen LogP contribution is 2.14. The van der Waals surface area contributed by atoms with Crippen LogP contribution in [0.4, 0.5) is 5.69 Å². The minimum absolute atomic E-state index is 0.0788. The van der Waals surface area contributed by atoms with E-state index >= 15 is 0 Å². The first-order chi connectivity index (χ1) is 12.0. The highest BCUT2D eigenvalue weighted by molar-refractivity contribution is 7.89. The van der Waals surface area contributed by atoms with Gasteiger partial charge in [-0.25, -0.2) is 13.6 Å². The predicted octanol–water partition coefficient (Wildman–Crippen LogP) is -1.30. The van der Waals surface area contributed by atoms with Crippen LogP contribution in [-0.4, -0.2) is 83.1 Å². The van der Waals surface area contributed by atoms with Crippen molar-refractivity contribution in [3.8, 4) is 0 Å². The summed E-state index contributed by atoms with van der Waals surface area (Å²) in [4.78, 5) is 13.9. The highest BCUT2D eigenvalue weighted by Gasteiger charge is 2.29. The van der Waals surface area contributed by atoms with Crippen molar-refractivity contribution in [2.75, 3.05) is 52.1 Å². The van der Waals surface area contributed by atoms with Crippen LogP contribution < -0.4 is 10.5 Å². The summed E-state index contributed by atoms with van der Waals surface area (Å²) in [5.74, 6) is -0.319. The zero-order chi connectivity index (χ0) is 19.5. The van der Waals surface area contributed by atoms with Gasteiger partial charge in [0.25, 0.3) is 10.2 Å². The number of amides is 1. The molecule has 1 saturated heterocycles. The number of sulfonamides is 1. The molecule has 1 aromatic rings. The minimum atomic E-state index is -3.84. The van der Waals surface area contributed by atoms with Crippen molar-refractivity contribution < 1.29 is 21.6 Å². The van der Waals surface area contributed by atoms with Crippen LogP contribution in [0, 0.1) is 0 Å². The molecule has 2 rings (SSSR count). The van der Waals surface area contributed by atoms with Gasteiger partial charge < -0.3 is 5.32 Å². The molecule has 1 aliphatic rings. The van der Waals surface area contributed by atoms with Gasteiger partial charge in [-0.3, -0.25) is 9.69 Å². The Kier molecular flexibility index (Phi) is 6.37. The Labute approximate surface area is 153 Å². The van der Waals surface area contributed by atoms with Gasteiger partial charge in [0.15, 0.2) is 0 Å². The molecule has 146 valence electrons. The maximum Gasteiger partial charge on any atom is 0.281 e. The molecule has 1 amide bonds. The Bertz CT molecular complexity index is 861. The lowest BCUT2D eigenvalue weighted by atomic mass is 10.3. The monoisotopic (exact) mass is 405 g/mol. The topological polar surface area (TPSA) is 133 Å². The van der Waals surface area contributed by atoms with Crippen molar-refractivity contribution in [1.29, 1.82) is 0 Å². The third-order valence-electron chi connectivity index (χ3n) is 3.93. The maximum atomic E-state index is 12.2. The largest absolute Gasteiger partial charge is 0.325 e. The molecule has 0 atom stereocenters. The van der Waals surface area contributed by atoms with Crippen LogP contribution in [-0.2, 0) is 25.0 Å². The number of carbonyl (C=O) groups excluding carboxylic acids is 1. The molecule has 1 aromatic carbocycles. The van der Waals surface area contributed by atoms with Gasteiger partial charge in [0.1, 0.15) is 0 Å². The molecule has 1 heterocycles. The van der Waals surface area contributed by atoms with Gasteiger partial charge in [-0.1, -0.05) is 6.07 Å². The number of hydrogen-bond acceptors (Lipinski definition) is 6. The van der Waals surface area contributed by atoms with Crippen molar-refractivity contribution in [3.05, 3.63) is 24.3 Å². The van der Waals surface area contributed by atoms with Crippen molar-refractivity contribution in [2.45, 2.75) is 4.90 Å². The Morgan fingerprint density at radius 1 is 1.15 bits per heavy atom. The van der Waals surface area contributed by atoms with Crippen LogP contribution in [0.25, 0.3) is 0 Å². The van der Waals surface area contributed by atoms with E-state index in [1.165, 1.54) is 36.6 Å². The van der Waals surface area contributed by atoms with E-state index in [-0.39, 0.29) is 17.3 Å². The molecule has 0 aromatic heterocycles. The number of benzene rings is 1. The molecule has 26 heavy (non-hydrogen) atoms. The van der Waals surface area contributed by atoms with Crippen molar-refractivity contribution in [3.63, 3.8) is 0 Å². The molecular formula is C14H23N5O5S2. The third-order valence-corrected chi connectivity index (χ3v) is 6.78. The van der Waals surface area contributed by atoms with Gasteiger partial charge in [-0.2, -0.15) is 17.0 Å². The zero-order valence-electron chi connectivity index (χ0n) is 14.6. The number of primary sulfonamides is 1. The lowest BCUT2D eigenvalue weighted by Gasteiger charge is -2.34. The first-order valence-electron chi connectivity index (χ1n) is 7.83. The molecule has 0 radical (unpaired) electrons. The number of rotatable bonds is 6. The van der Waals surface area contributed by atoms with Crippen LogP contribution >= 0.6 is 0 Å². The van der Waals surface area contributed by atoms with Crippen molar-refractivity contribution in [2.24, 2.45) is 5.14 Å². The highest BCUT2D eigenvalue weighted by atomic mass is 32.2. The van der Waals surface area contributed by atoms with E-state index in [0.29, 0.717) is 31.9 Å². The summed E-state index contributed by atoms with van der Waals surface area (Å²) in [5.41, 5.74) is 0.329. The van der Waals surface area contributed by atoms with E-state index in [9.17, 15) is 21.6 Å². The van der Waals surface area contributed by atoms with Gasteiger partial charge in [0.05, 0.1) is 11.4 Å². The second-order valence-electron chi connectivity index (χ2n) is 6.09. The summed E-state index contributed by atoms with van der Waals surface area (Å²) in [6.07, 6.45) is 0. The Hall–Kier alpha value is -1.57. The Morgan fingerprint density at radius 2 is 1.77 bits per heavy atom. The molecule has 1 fully saturated rings. The lowest BCUT2D eigenvalue weighted by Crippen LogP contribution is -2.52. The SMILES string of the molecule is CN(C)S(=O)(=O)N1CCN(CC(=O)Nc2cccc(S(N)(=O)=O)c2)CC1. The number of piperazine rings is 1. The first kappa shape index (κ1) is 20.7. The van der Waals surface area contributed by atoms with Gasteiger partial charge >= 0.3 is 0 Å². The second kappa shape index (κ2) is 7.98. The van der Waals surface area contributed by atoms with Crippen LogP contribution in [0.3, 0.4) is 0 Å². The molecule has 12 heteroatoms. The van der Waals surface area contributed by atoms with Crippen LogP contribution in [0.1, 0.15) is 0 Å². The number of carbonyl (C=O) groups is 1. The number of nitrogens with zero attached hydrogens (tertiary/aromatic N) is 3. The first-order valence-corrected chi connectivity index (χ1v) is 10.8. The normalized spacial score (nSPS) is 17.4. The van der Waals surface area contributed by atoms with E-state index in [1.807, 2.05) is 4.90 Å². The quantitative estimate of drug-likeness (QED) is 0.604. The van der Waals surface area contributed by atoms with Crippen LogP contribution in [0.5, 0.6) is 0 Å². The smallest absolute Gasteiger partial charge is 0.281 e. The molecular weight excluding hydrogens is 382 g/mol. The minimum Gasteiger partial charge on any atom is -0.325 e. The van der Waals surface area contributed by atoms with E-state index in [1.54, 1.807) is 6.07 Å². The average molecular weight is 406 g/mol. The molecule has 0 aliphatic carbocycles. The Balaban J connectivity index is 1.90. The van der Waals surface area contributed by atoms with Gasteiger partial charge in [-0.05, 0) is 18.2 Å². The van der Waals surface area contributed by atoms with Crippen molar-refractivity contribution in [1.82, 2.24) is 13.5 Å². The number of anilines is 1. The summed E-state index contributed by atoms with van der Waals surface area (Å²) >= 11 is 0. The second-order valence-corrected chi connectivity index (χ2v) is 9.79. The zero-order valence-corrected chi connectivity index (χ0v) is 16.3. The summed E-state index contributed by atoms with van der Waals surface area (Å²) in [5, 5.41) is 7.69. The molecule has 0 unspecified atom stereocenters. The molecule has 1 aliphatic heterocycles. The van der Waals surface area contributed by atoms with Crippen molar-refractivity contribution >= 4 is 31.8 Å². The van der Waals surface area contributed by atoms with E-state index in [2.05, 4.69) is 5.32 Å². The summed E-state index contributed by atoms with van der Waals surface area (Å²) in [7, 11) is -4.34. The average Bonchev–Trinajstić information content (AvgIpc) is 2.54. The third kappa shape index (κ3) is 5.22. The molecule has 0 bridgehead atoms. The number of hydrogen-bond donors (Lipinski definition) is 2. The lowest BCUT2D eigenvalue weighted by molar-refractivity contribution is -0.117. The molecule has 0 spiro atoms. The number of nitrogens with one attached hydrogen (secondary N) is 1. The standard InChI is InChI=1S/C14H23N5O5S2/c1-17(2)26(23,24)19-8-6-18(7-9-19)11-14(20)16-12-4-3-5-13(10-12)25(15,21)22/h3-5,10H,6-9,11H2,1-2H3,(H,16,20)(H2,15,21,22). The Morgan fingerprint density at radius 3 is 2.31 bits per heavy atom. The summed E-state index contributed by atoms with van der Waals surface area (Å²) in [6.45, 7) is 1.54.